The lowest BCUT2D eigenvalue weighted by Gasteiger charge is -2.54. The van der Waals surface area contributed by atoms with Gasteiger partial charge in [-0.25, -0.2) is 9.97 Å². The standard InChI is InChI=1S/C16H19N3O3S/c1-21-14-3-11-12(4-15(14)22-2)17-10-18-13(11)5-19-6-16(7-19)8-23(20)9-16/h3-4,10H,5-9H2,1-2H3. The molecule has 0 aliphatic carbocycles. The molecule has 2 aliphatic heterocycles. The number of fused-ring (bicyclic) bond motifs is 1. The van der Waals surface area contributed by atoms with Gasteiger partial charge in [-0.05, 0) is 6.07 Å². The fraction of sp³-hybridized carbons (Fsp3) is 0.500. The molecule has 0 amide bonds. The second-order valence-corrected chi connectivity index (χ2v) is 7.88. The molecule has 0 atom stereocenters. The van der Waals surface area contributed by atoms with Crippen molar-refractivity contribution in [3.8, 4) is 11.5 Å². The van der Waals surface area contributed by atoms with Crippen LogP contribution in [0.4, 0.5) is 0 Å². The van der Waals surface area contributed by atoms with Crippen LogP contribution in [-0.2, 0) is 17.3 Å². The van der Waals surface area contributed by atoms with E-state index in [1.165, 1.54) is 0 Å². The van der Waals surface area contributed by atoms with Crippen molar-refractivity contribution < 1.29 is 13.7 Å². The lowest BCUT2D eigenvalue weighted by molar-refractivity contribution is 0.0199. The van der Waals surface area contributed by atoms with Gasteiger partial charge in [-0.15, -0.1) is 0 Å². The molecule has 2 aliphatic rings. The molecule has 2 saturated heterocycles. The first-order valence-electron chi connectivity index (χ1n) is 7.55. The van der Waals surface area contributed by atoms with E-state index in [4.69, 9.17) is 9.47 Å². The second-order valence-electron chi connectivity index (χ2n) is 6.42. The topological polar surface area (TPSA) is 64.6 Å². The molecule has 2 aromatic rings. The van der Waals surface area contributed by atoms with Gasteiger partial charge in [0.2, 0.25) is 0 Å². The summed E-state index contributed by atoms with van der Waals surface area (Å²) in [5, 5.41) is 0.989. The second kappa shape index (κ2) is 5.42. The summed E-state index contributed by atoms with van der Waals surface area (Å²) in [7, 11) is 2.66. The van der Waals surface area contributed by atoms with Crippen molar-refractivity contribution >= 4 is 21.7 Å². The van der Waals surface area contributed by atoms with E-state index in [1.54, 1.807) is 20.5 Å². The number of hydrogen-bond acceptors (Lipinski definition) is 6. The van der Waals surface area contributed by atoms with Gasteiger partial charge in [0.05, 0.1) is 25.4 Å². The van der Waals surface area contributed by atoms with E-state index in [1.807, 2.05) is 12.1 Å². The van der Waals surface area contributed by atoms with Crippen LogP contribution in [0.1, 0.15) is 5.69 Å². The van der Waals surface area contributed by atoms with Gasteiger partial charge in [0.15, 0.2) is 11.5 Å². The van der Waals surface area contributed by atoms with E-state index in [0.717, 1.165) is 47.7 Å². The van der Waals surface area contributed by atoms with Crippen molar-refractivity contribution in [2.24, 2.45) is 5.41 Å². The van der Waals surface area contributed by atoms with Crippen LogP contribution in [0.3, 0.4) is 0 Å². The van der Waals surface area contributed by atoms with Crippen molar-refractivity contribution in [2.75, 3.05) is 38.8 Å². The fourth-order valence-corrected chi connectivity index (χ4v) is 5.26. The fourth-order valence-electron chi connectivity index (χ4n) is 3.61. The van der Waals surface area contributed by atoms with Crippen LogP contribution < -0.4 is 9.47 Å². The van der Waals surface area contributed by atoms with Gasteiger partial charge >= 0.3 is 0 Å². The Balaban J connectivity index is 1.59. The largest absolute Gasteiger partial charge is 0.493 e. The van der Waals surface area contributed by atoms with Crippen molar-refractivity contribution in [2.45, 2.75) is 6.54 Å². The first-order valence-corrected chi connectivity index (χ1v) is 9.04. The van der Waals surface area contributed by atoms with Crippen LogP contribution in [0, 0.1) is 5.41 Å². The molecule has 0 unspecified atom stereocenters. The van der Waals surface area contributed by atoms with E-state index in [-0.39, 0.29) is 0 Å². The third-order valence-electron chi connectivity index (χ3n) is 4.65. The van der Waals surface area contributed by atoms with Crippen LogP contribution in [-0.4, -0.2) is 57.9 Å². The summed E-state index contributed by atoms with van der Waals surface area (Å²) in [5.74, 6) is 3.08. The smallest absolute Gasteiger partial charge is 0.162 e. The number of hydrogen-bond donors (Lipinski definition) is 0. The van der Waals surface area contributed by atoms with Gasteiger partial charge in [0.1, 0.15) is 6.33 Å². The zero-order valence-corrected chi connectivity index (χ0v) is 14.1. The number of benzene rings is 1. The van der Waals surface area contributed by atoms with Gasteiger partial charge in [-0.3, -0.25) is 9.11 Å². The molecule has 7 heteroatoms. The quantitative estimate of drug-likeness (QED) is 0.838. The summed E-state index contributed by atoms with van der Waals surface area (Å²) in [4.78, 5) is 11.2. The molecule has 122 valence electrons. The number of ether oxygens (including phenoxy) is 2. The minimum Gasteiger partial charge on any atom is -0.493 e. The molecule has 23 heavy (non-hydrogen) atoms. The number of likely N-dealkylation sites (tertiary alicyclic amines) is 1. The summed E-state index contributed by atoms with van der Waals surface area (Å²) >= 11 is 0. The van der Waals surface area contributed by atoms with E-state index in [9.17, 15) is 4.21 Å². The first kappa shape index (κ1) is 14.8. The zero-order chi connectivity index (χ0) is 16.0. The van der Waals surface area contributed by atoms with Crippen molar-refractivity contribution in [3.05, 3.63) is 24.2 Å². The Hall–Kier alpha value is -1.73. The monoisotopic (exact) mass is 333 g/mol. The molecular formula is C16H19N3O3S. The van der Waals surface area contributed by atoms with Crippen LogP contribution in [0.25, 0.3) is 10.9 Å². The van der Waals surface area contributed by atoms with E-state index in [2.05, 4.69) is 14.9 Å². The maximum atomic E-state index is 11.3. The molecular weight excluding hydrogens is 314 g/mol. The molecule has 0 saturated carbocycles. The predicted molar refractivity (Wildman–Crippen MR) is 88.2 cm³/mol. The predicted octanol–water partition coefficient (Wildman–Crippen LogP) is 1.21. The molecule has 1 aromatic carbocycles. The Kier molecular flexibility index (Phi) is 3.50. The number of rotatable bonds is 4. The van der Waals surface area contributed by atoms with E-state index < -0.39 is 10.8 Å². The number of methoxy groups -OCH3 is 2. The highest BCUT2D eigenvalue weighted by Crippen LogP contribution is 2.40. The van der Waals surface area contributed by atoms with Crippen molar-refractivity contribution in [1.82, 2.24) is 14.9 Å². The third-order valence-corrected chi connectivity index (χ3v) is 6.52. The molecule has 0 N–H and O–H groups in total. The van der Waals surface area contributed by atoms with E-state index in [0.29, 0.717) is 16.9 Å². The average Bonchev–Trinajstić information content (AvgIpc) is 2.50. The molecule has 1 aromatic heterocycles. The number of nitrogens with zero attached hydrogens (tertiary/aromatic N) is 3. The lowest BCUT2D eigenvalue weighted by atomic mass is 9.83. The van der Waals surface area contributed by atoms with Crippen LogP contribution in [0.15, 0.2) is 18.5 Å². The Morgan fingerprint density at radius 2 is 1.87 bits per heavy atom. The van der Waals surface area contributed by atoms with Crippen molar-refractivity contribution in [3.63, 3.8) is 0 Å². The summed E-state index contributed by atoms with van der Waals surface area (Å²) < 4.78 is 22.0. The highest BCUT2D eigenvalue weighted by Gasteiger charge is 2.51. The summed E-state index contributed by atoms with van der Waals surface area (Å²) in [6.45, 7) is 2.80. The molecule has 0 radical (unpaired) electrons. The minimum atomic E-state index is -0.585. The normalized spacial score (nSPS) is 20.3. The lowest BCUT2D eigenvalue weighted by Crippen LogP contribution is -2.66. The first-order chi connectivity index (χ1) is 11.1. The summed E-state index contributed by atoms with van der Waals surface area (Å²) in [6, 6.07) is 3.82. The molecule has 0 bridgehead atoms. The summed E-state index contributed by atoms with van der Waals surface area (Å²) in [5.41, 5.74) is 2.16. The molecule has 4 rings (SSSR count). The zero-order valence-electron chi connectivity index (χ0n) is 13.2. The van der Waals surface area contributed by atoms with Crippen LogP contribution in [0.2, 0.25) is 0 Å². The van der Waals surface area contributed by atoms with Crippen LogP contribution >= 0.6 is 0 Å². The average molecular weight is 333 g/mol. The Labute approximate surface area is 137 Å². The molecule has 1 spiro atoms. The maximum Gasteiger partial charge on any atom is 0.162 e. The minimum absolute atomic E-state index is 0.314. The van der Waals surface area contributed by atoms with Gasteiger partial charge in [-0.2, -0.15) is 0 Å². The number of aromatic nitrogens is 2. The van der Waals surface area contributed by atoms with Gasteiger partial charge in [-0.1, -0.05) is 0 Å². The molecule has 6 nitrogen and oxygen atoms in total. The van der Waals surface area contributed by atoms with E-state index >= 15 is 0 Å². The third kappa shape index (κ3) is 2.48. The summed E-state index contributed by atoms with van der Waals surface area (Å²) in [6.07, 6.45) is 1.59. The highest BCUT2D eigenvalue weighted by atomic mass is 32.2. The van der Waals surface area contributed by atoms with Crippen molar-refractivity contribution in [1.29, 1.82) is 0 Å². The Morgan fingerprint density at radius 1 is 1.17 bits per heavy atom. The molecule has 3 heterocycles. The Morgan fingerprint density at radius 3 is 2.52 bits per heavy atom. The van der Waals surface area contributed by atoms with Gasteiger partial charge in [0.25, 0.3) is 0 Å². The highest BCUT2D eigenvalue weighted by molar-refractivity contribution is 7.86. The van der Waals surface area contributed by atoms with Gasteiger partial charge < -0.3 is 9.47 Å². The molecule has 2 fully saturated rings. The maximum absolute atomic E-state index is 11.3. The SMILES string of the molecule is COc1cc2ncnc(CN3CC4(C3)CS(=O)C4)c2cc1OC. The van der Waals surface area contributed by atoms with Crippen LogP contribution in [0.5, 0.6) is 11.5 Å². The Bertz CT molecular complexity index is 779. The van der Waals surface area contributed by atoms with Gasteiger partial charge in [0, 0.05) is 58.8 Å².